The molecule has 0 saturated heterocycles. The van der Waals surface area contributed by atoms with E-state index in [0.29, 0.717) is 6.54 Å². The summed E-state index contributed by atoms with van der Waals surface area (Å²) in [5.74, 6) is -2.23. The Kier molecular flexibility index (Phi) is 7.04. The Morgan fingerprint density at radius 3 is 2.60 bits per heavy atom. The maximum absolute atomic E-state index is 13.4. The van der Waals surface area contributed by atoms with Gasteiger partial charge in [0.1, 0.15) is 6.54 Å². The molecule has 2 aromatic rings. The first kappa shape index (κ1) is 21.8. The molecule has 0 atom stereocenters. The fraction of sp³-hybridized carbons (Fsp3) is 0.429. The third-order valence-corrected chi connectivity index (χ3v) is 5.04. The van der Waals surface area contributed by atoms with Crippen LogP contribution >= 0.6 is 0 Å². The van der Waals surface area contributed by atoms with Gasteiger partial charge in [-0.25, -0.2) is 13.6 Å². The van der Waals surface area contributed by atoms with Crippen molar-refractivity contribution in [2.75, 3.05) is 32.1 Å². The van der Waals surface area contributed by atoms with E-state index in [1.807, 2.05) is 29.9 Å². The van der Waals surface area contributed by atoms with Gasteiger partial charge in [0.25, 0.3) is 0 Å². The first-order valence-corrected chi connectivity index (χ1v) is 9.78. The summed E-state index contributed by atoms with van der Waals surface area (Å²) < 4.78 is 33.6. The van der Waals surface area contributed by atoms with Crippen LogP contribution in [0.5, 0.6) is 0 Å². The summed E-state index contributed by atoms with van der Waals surface area (Å²) in [6, 6.07) is 6.57. The quantitative estimate of drug-likeness (QED) is 0.678. The zero-order valence-corrected chi connectivity index (χ0v) is 17.1. The number of hydrogen-bond acceptors (Lipinski definition) is 3. The third-order valence-electron chi connectivity index (χ3n) is 5.04. The number of halogens is 2. The number of benzene rings is 1. The van der Waals surface area contributed by atoms with E-state index >= 15 is 0 Å². The molecule has 9 heteroatoms. The number of carbonyl (C=O) groups excluding carboxylic acids is 2. The molecular formula is C21H26F2N4O3. The predicted molar refractivity (Wildman–Crippen MR) is 108 cm³/mol. The largest absolute Gasteiger partial charge is 0.383 e. The number of urea groups is 1. The predicted octanol–water partition coefficient (Wildman–Crippen LogP) is 2.97. The minimum atomic E-state index is -1.06. The highest BCUT2D eigenvalue weighted by molar-refractivity contribution is 5.92. The lowest BCUT2D eigenvalue weighted by atomic mass is 10.3. The number of carbonyl (C=O) groups is 2. The van der Waals surface area contributed by atoms with Gasteiger partial charge in [-0.1, -0.05) is 0 Å². The van der Waals surface area contributed by atoms with Crippen LogP contribution in [0, 0.1) is 11.6 Å². The van der Waals surface area contributed by atoms with Crippen LogP contribution in [-0.4, -0.2) is 59.2 Å². The van der Waals surface area contributed by atoms with Crippen molar-refractivity contribution >= 4 is 17.6 Å². The Hall–Kier alpha value is -2.94. The molecule has 1 N–H and O–H groups in total. The second-order valence-electron chi connectivity index (χ2n) is 7.34. The van der Waals surface area contributed by atoms with E-state index in [-0.39, 0.29) is 37.3 Å². The number of aryl methyl sites for hydroxylation is 1. The maximum atomic E-state index is 13.4. The zero-order valence-electron chi connectivity index (χ0n) is 17.1. The van der Waals surface area contributed by atoms with E-state index in [0.717, 1.165) is 30.7 Å². The molecule has 0 spiro atoms. The van der Waals surface area contributed by atoms with E-state index in [2.05, 4.69) is 5.32 Å². The van der Waals surface area contributed by atoms with Crippen molar-refractivity contribution in [1.82, 2.24) is 14.4 Å². The Morgan fingerprint density at radius 1 is 1.23 bits per heavy atom. The molecule has 1 aliphatic rings. The van der Waals surface area contributed by atoms with E-state index in [1.165, 1.54) is 18.1 Å². The summed E-state index contributed by atoms with van der Waals surface area (Å²) in [6.45, 7) is 0.746. The minimum Gasteiger partial charge on any atom is -0.383 e. The summed E-state index contributed by atoms with van der Waals surface area (Å²) in [5, 5.41) is 2.51. The molecular weight excluding hydrogens is 394 g/mol. The average molecular weight is 420 g/mol. The van der Waals surface area contributed by atoms with E-state index in [9.17, 15) is 18.4 Å². The van der Waals surface area contributed by atoms with Crippen molar-refractivity contribution in [2.45, 2.75) is 25.4 Å². The molecule has 162 valence electrons. The third kappa shape index (κ3) is 5.56. The topological polar surface area (TPSA) is 66.8 Å². The van der Waals surface area contributed by atoms with Crippen LogP contribution in [0.4, 0.5) is 19.3 Å². The fourth-order valence-electron chi connectivity index (χ4n) is 3.13. The highest BCUT2D eigenvalue weighted by Crippen LogP contribution is 2.28. The molecule has 0 bridgehead atoms. The molecule has 30 heavy (non-hydrogen) atoms. The van der Waals surface area contributed by atoms with Crippen LogP contribution in [0.15, 0.2) is 36.5 Å². The fourth-order valence-corrected chi connectivity index (χ4v) is 3.13. The van der Waals surface area contributed by atoms with Crippen molar-refractivity contribution < 1.29 is 23.1 Å². The Bertz CT molecular complexity index is 898. The van der Waals surface area contributed by atoms with E-state index in [1.54, 1.807) is 4.90 Å². The molecule has 1 aromatic carbocycles. The van der Waals surface area contributed by atoms with Gasteiger partial charge in [0.2, 0.25) is 5.91 Å². The SMILES string of the molecule is COCCN(CC(=O)N(Cc1cccn1C)C1CC1)C(=O)Nc1ccc(F)c(F)c1. The van der Waals surface area contributed by atoms with Gasteiger partial charge in [0.05, 0.1) is 13.2 Å². The van der Waals surface area contributed by atoms with Gasteiger partial charge in [-0.05, 0) is 37.1 Å². The van der Waals surface area contributed by atoms with Crippen LogP contribution in [0.3, 0.4) is 0 Å². The van der Waals surface area contributed by atoms with E-state index in [4.69, 9.17) is 4.74 Å². The number of ether oxygens (including phenoxy) is 1. The Morgan fingerprint density at radius 2 is 2.00 bits per heavy atom. The lowest BCUT2D eigenvalue weighted by Crippen LogP contribution is -2.46. The van der Waals surface area contributed by atoms with Gasteiger partial charge in [0.15, 0.2) is 11.6 Å². The minimum absolute atomic E-state index is 0.108. The van der Waals surface area contributed by atoms with Crippen LogP contribution in [0.2, 0.25) is 0 Å². The summed E-state index contributed by atoms with van der Waals surface area (Å²) in [5.41, 5.74) is 1.11. The lowest BCUT2D eigenvalue weighted by Gasteiger charge is -2.28. The van der Waals surface area contributed by atoms with Gasteiger partial charge < -0.3 is 24.4 Å². The lowest BCUT2D eigenvalue weighted by molar-refractivity contribution is -0.133. The number of rotatable bonds is 9. The van der Waals surface area contributed by atoms with Gasteiger partial charge in [-0.3, -0.25) is 4.79 Å². The number of nitrogens with one attached hydrogen (secondary N) is 1. The molecule has 0 radical (unpaired) electrons. The van der Waals surface area contributed by atoms with Crippen LogP contribution in [0.1, 0.15) is 18.5 Å². The number of aromatic nitrogens is 1. The zero-order chi connectivity index (χ0) is 21.7. The van der Waals surface area contributed by atoms with Crippen LogP contribution < -0.4 is 5.32 Å². The average Bonchev–Trinajstić information content (AvgIpc) is 3.47. The number of nitrogens with zero attached hydrogens (tertiary/aromatic N) is 3. The number of methoxy groups -OCH3 is 1. The second-order valence-corrected chi connectivity index (χ2v) is 7.34. The van der Waals surface area contributed by atoms with E-state index < -0.39 is 17.7 Å². The van der Waals surface area contributed by atoms with Gasteiger partial charge >= 0.3 is 6.03 Å². The van der Waals surface area contributed by atoms with Gasteiger partial charge in [-0.15, -0.1) is 0 Å². The molecule has 3 rings (SSSR count). The second kappa shape index (κ2) is 9.71. The highest BCUT2D eigenvalue weighted by atomic mass is 19.2. The normalized spacial score (nSPS) is 13.2. The molecule has 7 nitrogen and oxygen atoms in total. The van der Waals surface area contributed by atoms with Gasteiger partial charge in [0, 0.05) is 50.4 Å². The molecule has 3 amide bonds. The molecule has 0 unspecified atom stereocenters. The Labute approximate surface area is 174 Å². The molecule has 1 heterocycles. The smallest absolute Gasteiger partial charge is 0.322 e. The first-order valence-electron chi connectivity index (χ1n) is 9.78. The van der Waals surface area contributed by atoms with Crippen molar-refractivity contribution in [3.63, 3.8) is 0 Å². The first-order chi connectivity index (χ1) is 14.4. The summed E-state index contributed by atoms with van der Waals surface area (Å²) in [6.07, 6.45) is 3.80. The monoisotopic (exact) mass is 420 g/mol. The summed E-state index contributed by atoms with van der Waals surface area (Å²) >= 11 is 0. The van der Waals surface area contributed by atoms with Crippen LogP contribution in [-0.2, 0) is 23.1 Å². The van der Waals surface area contributed by atoms with Crippen molar-refractivity contribution in [3.05, 3.63) is 53.9 Å². The molecule has 1 fully saturated rings. The van der Waals surface area contributed by atoms with Crippen molar-refractivity contribution in [2.24, 2.45) is 7.05 Å². The standard InChI is InChI=1S/C21H26F2N4O3/c1-25-9-3-4-17(25)13-27(16-6-7-16)20(28)14-26(10-11-30-2)21(29)24-15-5-8-18(22)19(23)12-15/h3-5,8-9,12,16H,6-7,10-11,13-14H2,1-2H3,(H,24,29). The molecule has 0 aliphatic heterocycles. The number of anilines is 1. The maximum Gasteiger partial charge on any atom is 0.322 e. The number of amides is 3. The van der Waals surface area contributed by atoms with Crippen LogP contribution in [0.25, 0.3) is 0 Å². The van der Waals surface area contributed by atoms with Gasteiger partial charge in [-0.2, -0.15) is 0 Å². The summed E-state index contributed by atoms with van der Waals surface area (Å²) in [7, 11) is 3.42. The number of hydrogen-bond donors (Lipinski definition) is 1. The Balaban J connectivity index is 1.68. The molecule has 1 aliphatic carbocycles. The molecule has 1 saturated carbocycles. The van der Waals surface area contributed by atoms with Crippen molar-refractivity contribution in [1.29, 1.82) is 0 Å². The van der Waals surface area contributed by atoms with Crippen molar-refractivity contribution in [3.8, 4) is 0 Å². The molecule has 1 aromatic heterocycles. The highest BCUT2D eigenvalue weighted by Gasteiger charge is 2.34. The summed E-state index contributed by atoms with van der Waals surface area (Å²) in [4.78, 5) is 28.8.